The Labute approximate surface area is 161 Å². The molecule has 0 radical (unpaired) electrons. The summed E-state index contributed by atoms with van der Waals surface area (Å²) < 4.78 is 11.2. The van der Waals surface area contributed by atoms with E-state index in [9.17, 15) is 9.59 Å². The highest BCUT2D eigenvalue weighted by molar-refractivity contribution is 5.86. The maximum atomic E-state index is 13.1. The molecule has 1 aromatic heterocycles. The van der Waals surface area contributed by atoms with Crippen molar-refractivity contribution in [1.29, 1.82) is 0 Å². The van der Waals surface area contributed by atoms with Gasteiger partial charge in [-0.25, -0.2) is 0 Å². The van der Waals surface area contributed by atoms with Crippen LogP contribution in [0.1, 0.15) is 57.6 Å². The van der Waals surface area contributed by atoms with Crippen LogP contribution in [0, 0.1) is 5.92 Å². The number of hydrogen-bond donors (Lipinski definition) is 0. The van der Waals surface area contributed by atoms with Crippen LogP contribution in [0.15, 0.2) is 22.8 Å². The van der Waals surface area contributed by atoms with E-state index in [4.69, 9.17) is 9.15 Å². The minimum absolute atomic E-state index is 0.0225. The lowest BCUT2D eigenvalue weighted by molar-refractivity contribution is -0.145. The molecule has 2 heterocycles. The molecule has 0 bridgehead atoms. The van der Waals surface area contributed by atoms with Gasteiger partial charge in [0, 0.05) is 25.6 Å². The van der Waals surface area contributed by atoms with Gasteiger partial charge >= 0.3 is 0 Å². The Balaban J connectivity index is 1.64. The van der Waals surface area contributed by atoms with Crippen molar-refractivity contribution in [2.45, 2.75) is 64.5 Å². The zero-order chi connectivity index (χ0) is 19.1. The number of furan rings is 1. The fraction of sp³-hybridized carbons (Fsp3) is 0.714. The van der Waals surface area contributed by atoms with Gasteiger partial charge in [-0.3, -0.25) is 9.59 Å². The largest absolute Gasteiger partial charge is 0.467 e. The summed E-state index contributed by atoms with van der Waals surface area (Å²) in [5.41, 5.74) is 0. The molecule has 0 aromatic carbocycles. The average Bonchev–Trinajstić information content (AvgIpc) is 3.30. The van der Waals surface area contributed by atoms with Crippen molar-refractivity contribution in [1.82, 2.24) is 9.80 Å². The molecule has 2 fully saturated rings. The maximum absolute atomic E-state index is 13.1. The summed E-state index contributed by atoms with van der Waals surface area (Å²) in [5.74, 6) is 1.00. The van der Waals surface area contributed by atoms with Gasteiger partial charge in [0.1, 0.15) is 5.76 Å². The molecule has 1 saturated heterocycles. The van der Waals surface area contributed by atoms with Crippen LogP contribution in [0.25, 0.3) is 0 Å². The molecule has 1 aromatic rings. The third kappa shape index (κ3) is 5.58. The summed E-state index contributed by atoms with van der Waals surface area (Å²) >= 11 is 0. The highest BCUT2D eigenvalue weighted by atomic mass is 16.5. The summed E-state index contributed by atoms with van der Waals surface area (Å²) in [6, 6.07) is 3.71. The van der Waals surface area contributed by atoms with Gasteiger partial charge in [-0.1, -0.05) is 19.8 Å². The molecule has 2 amide bonds. The number of unbranched alkanes of at least 4 members (excludes halogenated alkanes) is 1. The number of hydrogen-bond acceptors (Lipinski definition) is 4. The summed E-state index contributed by atoms with van der Waals surface area (Å²) in [4.78, 5) is 29.4. The van der Waals surface area contributed by atoms with Gasteiger partial charge in [0.15, 0.2) is 0 Å². The second-order valence-corrected chi connectivity index (χ2v) is 7.73. The van der Waals surface area contributed by atoms with E-state index in [2.05, 4.69) is 6.92 Å². The van der Waals surface area contributed by atoms with Gasteiger partial charge in [-0.2, -0.15) is 0 Å². The second-order valence-electron chi connectivity index (χ2n) is 7.73. The SMILES string of the molecule is CCCCN(CC(=O)N(Cc1ccco1)CC1CCCO1)C(=O)C1CCC1. The first-order chi connectivity index (χ1) is 13.2. The Morgan fingerprint density at radius 3 is 2.63 bits per heavy atom. The Bertz CT molecular complexity index is 591. The standard InChI is InChI=1S/C21H32N2O4/c1-2-3-11-22(21(25)17-7-4-8-17)16-20(24)23(14-18-9-5-12-26-18)15-19-10-6-13-27-19/h5,9,12,17,19H,2-4,6-8,10-11,13-16H2,1H3. The van der Waals surface area contributed by atoms with Crippen molar-refractivity contribution in [3.8, 4) is 0 Å². The van der Waals surface area contributed by atoms with Gasteiger partial charge in [0.05, 0.1) is 25.5 Å². The third-order valence-electron chi connectivity index (χ3n) is 5.60. The van der Waals surface area contributed by atoms with E-state index in [1.807, 2.05) is 12.1 Å². The fourth-order valence-electron chi connectivity index (χ4n) is 3.67. The molecule has 27 heavy (non-hydrogen) atoms. The number of ether oxygens (including phenoxy) is 1. The fourth-order valence-corrected chi connectivity index (χ4v) is 3.67. The maximum Gasteiger partial charge on any atom is 0.242 e. The van der Waals surface area contributed by atoms with Gasteiger partial charge < -0.3 is 19.0 Å². The van der Waals surface area contributed by atoms with Crippen LogP contribution in [-0.2, 0) is 20.9 Å². The van der Waals surface area contributed by atoms with E-state index in [0.717, 1.165) is 57.3 Å². The number of rotatable bonds is 10. The van der Waals surface area contributed by atoms with Crippen LogP contribution < -0.4 is 0 Å². The number of carbonyl (C=O) groups excluding carboxylic acids is 2. The van der Waals surface area contributed by atoms with Crippen molar-refractivity contribution >= 4 is 11.8 Å². The summed E-state index contributed by atoms with van der Waals surface area (Å²) in [5, 5.41) is 0. The predicted octanol–water partition coefficient (Wildman–Crippen LogP) is 3.22. The van der Waals surface area contributed by atoms with Crippen molar-refractivity contribution in [3.63, 3.8) is 0 Å². The molecular formula is C21H32N2O4. The summed E-state index contributed by atoms with van der Waals surface area (Å²) in [7, 11) is 0. The van der Waals surface area contributed by atoms with Crippen molar-refractivity contribution in [3.05, 3.63) is 24.2 Å². The Morgan fingerprint density at radius 1 is 1.19 bits per heavy atom. The molecule has 6 nitrogen and oxygen atoms in total. The zero-order valence-corrected chi connectivity index (χ0v) is 16.4. The first kappa shape index (κ1) is 19.9. The normalized spacial score (nSPS) is 19.7. The van der Waals surface area contributed by atoms with Crippen LogP contribution in [0.5, 0.6) is 0 Å². The highest BCUT2D eigenvalue weighted by Gasteiger charge is 2.31. The Hall–Kier alpha value is -1.82. The molecule has 0 spiro atoms. The molecule has 0 N–H and O–H groups in total. The smallest absolute Gasteiger partial charge is 0.242 e. The lowest BCUT2D eigenvalue weighted by atomic mass is 9.84. The topological polar surface area (TPSA) is 63.0 Å². The van der Waals surface area contributed by atoms with Crippen LogP contribution in [-0.4, -0.2) is 54.0 Å². The first-order valence-corrected chi connectivity index (χ1v) is 10.4. The number of nitrogens with zero attached hydrogens (tertiary/aromatic N) is 2. The summed E-state index contributed by atoms with van der Waals surface area (Å²) in [6.07, 6.45) is 8.69. The van der Waals surface area contributed by atoms with Crippen molar-refractivity contribution in [2.75, 3.05) is 26.2 Å². The molecular weight excluding hydrogens is 344 g/mol. The third-order valence-corrected chi connectivity index (χ3v) is 5.60. The molecule has 3 rings (SSSR count). The molecule has 1 atom stereocenters. The van der Waals surface area contributed by atoms with E-state index in [0.29, 0.717) is 19.6 Å². The quantitative estimate of drug-likeness (QED) is 0.629. The van der Waals surface area contributed by atoms with Gasteiger partial charge in [-0.05, 0) is 44.2 Å². The van der Waals surface area contributed by atoms with Gasteiger partial charge in [0.25, 0.3) is 0 Å². The van der Waals surface area contributed by atoms with E-state index < -0.39 is 0 Å². The predicted molar refractivity (Wildman–Crippen MR) is 102 cm³/mol. The van der Waals surface area contributed by atoms with Crippen LogP contribution in [0.3, 0.4) is 0 Å². The van der Waals surface area contributed by atoms with E-state index in [1.165, 1.54) is 0 Å². The Kier molecular flexibility index (Phi) is 7.33. The minimum Gasteiger partial charge on any atom is -0.467 e. The van der Waals surface area contributed by atoms with Crippen molar-refractivity contribution in [2.24, 2.45) is 5.92 Å². The lowest BCUT2D eigenvalue weighted by Crippen LogP contribution is -2.47. The van der Waals surface area contributed by atoms with Crippen LogP contribution in [0.4, 0.5) is 0 Å². The van der Waals surface area contributed by atoms with E-state index in [-0.39, 0.29) is 30.4 Å². The molecule has 150 valence electrons. The molecule has 1 aliphatic carbocycles. The monoisotopic (exact) mass is 376 g/mol. The Morgan fingerprint density at radius 2 is 2.04 bits per heavy atom. The van der Waals surface area contributed by atoms with Gasteiger partial charge in [0.2, 0.25) is 11.8 Å². The molecule has 1 unspecified atom stereocenters. The van der Waals surface area contributed by atoms with Crippen LogP contribution in [0.2, 0.25) is 0 Å². The average molecular weight is 376 g/mol. The van der Waals surface area contributed by atoms with Crippen molar-refractivity contribution < 1.29 is 18.7 Å². The molecule has 1 aliphatic heterocycles. The number of carbonyl (C=O) groups is 2. The molecule has 1 saturated carbocycles. The lowest BCUT2D eigenvalue weighted by Gasteiger charge is -2.33. The van der Waals surface area contributed by atoms with E-state index in [1.54, 1.807) is 16.1 Å². The highest BCUT2D eigenvalue weighted by Crippen LogP contribution is 2.28. The first-order valence-electron chi connectivity index (χ1n) is 10.4. The zero-order valence-electron chi connectivity index (χ0n) is 16.4. The summed E-state index contributed by atoms with van der Waals surface area (Å²) in [6.45, 7) is 4.66. The van der Waals surface area contributed by atoms with E-state index >= 15 is 0 Å². The second kappa shape index (κ2) is 9.93. The molecule has 2 aliphatic rings. The number of amides is 2. The van der Waals surface area contributed by atoms with Gasteiger partial charge in [-0.15, -0.1) is 0 Å². The molecule has 6 heteroatoms. The minimum atomic E-state index is -0.0225. The van der Waals surface area contributed by atoms with Crippen LogP contribution >= 0.6 is 0 Å².